The van der Waals surface area contributed by atoms with E-state index in [1.807, 2.05) is 13.2 Å². The van der Waals surface area contributed by atoms with Crippen LogP contribution in [0.2, 0.25) is 5.71 Å². The van der Waals surface area contributed by atoms with E-state index in [1.165, 1.54) is 11.8 Å². The molecule has 0 aliphatic heterocycles. The molecule has 0 aromatic carbocycles. The van der Waals surface area contributed by atoms with Crippen molar-refractivity contribution in [3.05, 3.63) is 0 Å². The third-order valence-electron chi connectivity index (χ3n) is 1.55. The van der Waals surface area contributed by atoms with Gasteiger partial charge < -0.3 is 10.6 Å². The number of thioether (sulfide) groups is 1. The molecule has 1 rings (SSSR count). The average molecular weight is 411 g/mol. The van der Waals surface area contributed by atoms with Gasteiger partial charge in [-0.25, -0.2) is 0 Å². The first-order valence-corrected chi connectivity index (χ1v) is 11.4. The summed E-state index contributed by atoms with van der Waals surface area (Å²) in [4.78, 5) is 12.8. The zero-order valence-electron chi connectivity index (χ0n) is 14.2. The van der Waals surface area contributed by atoms with Crippen LogP contribution in [0, 0.1) is 0 Å². The molecule has 0 spiro atoms. The van der Waals surface area contributed by atoms with Gasteiger partial charge in [0.25, 0.3) is 0 Å². The van der Waals surface area contributed by atoms with E-state index < -0.39 is 14.2 Å². The van der Waals surface area contributed by atoms with Gasteiger partial charge >= 0.3 is 90.9 Å². The van der Waals surface area contributed by atoms with E-state index in [-0.39, 0.29) is 59.1 Å². The Morgan fingerprint density at radius 3 is 2.00 bits per heavy atom. The van der Waals surface area contributed by atoms with Crippen molar-refractivity contribution in [2.45, 2.75) is 37.7 Å². The molecule has 1 heterocycles. The van der Waals surface area contributed by atoms with Crippen molar-refractivity contribution < 1.29 is 71.0 Å². The Balaban J connectivity index is -0.000000452. The van der Waals surface area contributed by atoms with Gasteiger partial charge in [0.1, 0.15) is 0 Å². The predicted octanol–water partition coefficient (Wildman–Crippen LogP) is -6.44. The molecule has 22 heavy (non-hydrogen) atoms. The fourth-order valence-electron chi connectivity index (χ4n) is 1.01. The molecule has 0 amide bonds. The minimum Gasteiger partial charge on any atom is 1.00 e. The van der Waals surface area contributed by atoms with Crippen LogP contribution in [0.1, 0.15) is 20.8 Å². The molecule has 0 aliphatic rings. The largest absolute Gasteiger partial charge is 1.00 e. The Hall–Kier alpha value is 1.24. The summed E-state index contributed by atoms with van der Waals surface area (Å²) < 4.78 is 27.5. The fourth-order valence-corrected chi connectivity index (χ4v) is 1.36. The van der Waals surface area contributed by atoms with Gasteiger partial charge in [-0.3, -0.25) is 0 Å². The first kappa shape index (κ1) is 28.1. The standard InChI is InChI=1S/C9H17N5S.CH5AsO3.2Na/c1-5-10-7-12-8(11-6(2)3)14-9(13-7)15-4;1-2(3,4)5;;/h6H,5H2,1-4H3,(H2,10,11,12,13,14);1H3,(H2,3,4,5);;/q;;2*+1/p-2. The quantitative estimate of drug-likeness (QED) is 0.359. The molecule has 8 nitrogen and oxygen atoms in total. The monoisotopic (exact) mass is 411 g/mol. The molecule has 0 bridgehead atoms. The zero-order chi connectivity index (χ0) is 15.8. The summed E-state index contributed by atoms with van der Waals surface area (Å²) in [6.45, 7) is 6.92. The van der Waals surface area contributed by atoms with Crippen LogP contribution < -0.4 is 77.9 Å². The Kier molecular flexibility index (Phi) is 18.6. The summed E-state index contributed by atoms with van der Waals surface area (Å²) >= 11 is -3.12. The average Bonchev–Trinajstić information content (AvgIpc) is 2.25. The Morgan fingerprint density at radius 2 is 1.64 bits per heavy atom. The normalized spacial score (nSPS) is 9.82. The summed E-state index contributed by atoms with van der Waals surface area (Å²) in [7, 11) is 0. The third-order valence-corrected chi connectivity index (χ3v) is 2.10. The maximum absolute atomic E-state index is 9.16. The van der Waals surface area contributed by atoms with Crippen molar-refractivity contribution in [1.29, 1.82) is 0 Å². The van der Waals surface area contributed by atoms with Crippen LogP contribution in [0.4, 0.5) is 11.9 Å². The summed E-state index contributed by atoms with van der Waals surface area (Å²) in [6.07, 6.45) is 1.95. The Labute approximate surface area is 183 Å². The van der Waals surface area contributed by atoms with Gasteiger partial charge in [0.05, 0.1) is 0 Å². The second kappa shape index (κ2) is 14.6. The Bertz CT molecular complexity index is 456. The van der Waals surface area contributed by atoms with Gasteiger partial charge in [0, 0.05) is 12.6 Å². The van der Waals surface area contributed by atoms with E-state index in [2.05, 4.69) is 39.4 Å². The first-order chi connectivity index (χ1) is 9.15. The molecule has 116 valence electrons. The zero-order valence-corrected chi connectivity index (χ0v) is 20.9. The smallest absolute Gasteiger partial charge is 1.00 e. The number of hydrogen-bond donors (Lipinski definition) is 2. The summed E-state index contributed by atoms with van der Waals surface area (Å²) in [5, 5.41) is 6.97. The minimum absolute atomic E-state index is 0. The maximum atomic E-state index is 9.16. The van der Waals surface area contributed by atoms with Crippen molar-refractivity contribution in [1.82, 2.24) is 15.0 Å². The number of anilines is 2. The number of hydrogen-bond acceptors (Lipinski definition) is 9. The molecule has 0 radical (unpaired) electrons. The van der Waals surface area contributed by atoms with E-state index in [9.17, 15) is 0 Å². The van der Waals surface area contributed by atoms with Gasteiger partial charge in [-0.05, 0) is 27.0 Å². The van der Waals surface area contributed by atoms with E-state index in [4.69, 9.17) is 11.9 Å². The summed E-state index contributed by atoms with van der Waals surface area (Å²) in [5.74, 6) is 1.25. The van der Waals surface area contributed by atoms with E-state index in [1.54, 1.807) is 0 Å². The van der Waals surface area contributed by atoms with E-state index in [0.717, 1.165) is 11.7 Å². The second-order valence-electron chi connectivity index (χ2n) is 4.07. The molecule has 1 aromatic rings. The summed E-state index contributed by atoms with van der Waals surface area (Å²) in [6, 6.07) is 0.316. The third kappa shape index (κ3) is 17.6. The first-order valence-electron chi connectivity index (χ1n) is 5.95. The molecular weight excluding hydrogens is 391 g/mol. The summed E-state index contributed by atoms with van der Waals surface area (Å²) in [5.41, 5.74) is 0.693. The van der Waals surface area contributed by atoms with Crippen molar-refractivity contribution in [2.24, 2.45) is 0 Å². The minimum atomic E-state index is -4.62. The van der Waals surface area contributed by atoms with Crippen LogP contribution in [-0.2, 0) is 3.74 Å². The molecule has 12 heteroatoms. The SMILES string of the molecule is CCNc1nc(NC(C)C)nc(SC)n1.C[As](=O)([O-])[O-].[Na+].[Na+]. The molecule has 0 aliphatic carbocycles. The maximum Gasteiger partial charge on any atom is 1.00 e. The molecule has 0 saturated heterocycles. The van der Waals surface area contributed by atoms with Gasteiger partial charge in [0.2, 0.25) is 11.9 Å². The van der Waals surface area contributed by atoms with E-state index in [0.29, 0.717) is 23.6 Å². The van der Waals surface area contributed by atoms with Crippen molar-refractivity contribution in [3.63, 3.8) is 0 Å². The van der Waals surface area contributed by atoms with Gasteiger partial charge in [-0.1, -0.05) is 11.8 Å². The van der Waals surface area contributed by atoms with Crippen molar-refractivity contribution in [3.8, 4) is 0 Å². The number of rotatable bonds is 5. The molecule has 0 saturated carbocycles. The number of nitrogens with one attached hydrogen (secondary N) is 2. The van der Waals surface area contributed by atoms with Crippen LogP contribution in [0.5, 0.6) is 0 Å². The molecule has 1 aromatic heterocycles. The predicted molar refractivity (Wildman–Crippen MR) is 76.8 cm³/mol. The van der Waals surface area contributed by atoms with Gasteiger partial charge in [-0.2, -0.15) is 15.0 Å². The van der Waals surface area contributed by atoms with Gasteiger partial charge in [-0.15, -0.1) is 0 Å². The van der Waals surface area contributed by atoms with Crippen LogP contribution in [0.25, 0.3) is 0 Å². The molecule has 0 unspecified atom stereocenters. The van der Waals surface area contributed by atoms with Gasteiger partial charge in [0.15, 0.2) is 5.16 Å². The number of aromatic nitrogens is 3. The Morgan fingerprint density at radius 1 is 1.18 bits per heavy atom. The van der Waals surface area contributed by atoms with Crippen molar-refractivity contribution in [2.75, 3.05) is 23.4 Å². The fraction of sp³-hybridized carbons (Fsp3) is 0.700. The topological polar surface area (TPSA) is 126 Å². The molecule has 2 N–H and O–H groups in total. The molecular formula is C10H20AsN5Na2O3S. The molecule has 0 fully saturated rings. The van der Waals surface area contributed by atoms with Crippen LogP contribution in [0.15, 0.2) is 5.16 Å². The molecule has 0 atom stereocenters. The van der Waals surface area contributed by atoms with E-state index >= 15 is 0 Å². The number of nitrogens with zero attached hydrogens (tertiary/aromatic N) is 3. The van der Waals surface area contributed by atoms with Crippen LogP contribution >= 0.6 is 11.8 Å². The van der Waals surface area contributed by atoms with Crippen LogP contribution in [-0.4, -0.2) is 48.0 Å². The van der Waals surface area contributed by atoms with Crippen molar-refractivity contribution >= 4 is 37.8 Å². The second-order valence-corrected chi connectivity index (χ2v) is 8.08. The van der Waals surface area contributed by atoms with Crippen LogP contribution in [0.3, 0.4) is 0 Å².